The molecule has 0 saturated heterocycles. The summed E-state index contributed by atoms with van der Waals surface area (Å²) >= 11 is 0. The fourth-order valence-corrected chi connectivity index (χ4v) is 1.42. The molecule has 1 N–H and O–H groups in total. The predicted octanol–water partition coefficient (Wildman–Crippen LogP) is 2.29. The van der Waals surface area contributed by atoms with Gasteiger partial charge in [0, 0.05) is 25.5 Å². The Bertz CT molecular complexity index is 229. The van der Waals surface area contributed by atoms with E-state index in [1.807, 2.05) is 19.4 Å². The Kier molecular flexibility index (Phi) is 3.14. The highest BCUT2D eigenvalue weighted by atomic mass is 15.2. The number of rotatable bonds is 4. The average molecular weight is 167 g/mol. The Hall–Kier alpha value is -0.990. The van der Waals surface area contributed by atoms with Crippen LogP contribution in [0.3, 0.4) is 0 Å². The van der Waals surface area contributed by atoms with Crippen LogP contribution in [0.5, 0.6) is 0 Å². The number of hydrogen-bond acceptors (Lipinski definition) is 2. The van der Waals surface area contributed by atoms with E-state index in [2.05, 4.69) is 28.7 Å². The molecule has 0 aliphatic heterocycles. The summed E-state index contributed by atoms with van der Waals surface area (Å²) in [5, 5.41) is 3.07. The quantitative estimate of drug-likeness (QED) is 0.745. The van der Waals surface area contributed by atoms with Crippen LogP contribution in [0.2, 0.25) is 0 Å². The van der Waals surface area contributed by atoms with Crippen molar-refractivity contribution in [2.24, 2.45) is 0 Å². The Morgan fingerprint density at radius 1 is 1.67 bits per heavy atom. The summed E-state index contributed by atoms with van der Waals surface area (Å²) in [7, 11) is 1.90. The van der Waals surface area contributed by atoms with Crippen LogP contribution >= 0.6 is 0 Å². The lowest BCUT2D eigenvalue weighted by Crippen LogP contribution is -2.07. The van der Waals surface area contributed by atoms with E-state index in [4.69, 9.17) is 0 Å². The lowest BCUT2D eigenvalue weighted by Gasteiger charge is -2.14. The molecule has 1 atom stereocenters. The lowest BCUT2D eigenvalue weighted by molar-refractivity contribution is 0.505. The van der Waals surface area contributed by atoms with Gasteiger partial charge in [0.2, 0.25) is 5.95 Å². The Morgan fingerprint density at radius 3 is 3.00 bits per heavy atom. The molecular formula is C9H17N3. The summed E-state index contributed by atoms with van der Waals surface area (Å²) in [6.45, 7) is 4.42. The van der Waals surface area contributed by atoms with Crippen LogP contribution in [0.1, 0.15) is 32.7 Å². The number of nitrogens with zero attached hydrogens (tertiary/aromatic N) is 2. The van der Waals surface area contributed by atoms with Crippen molar-refractivity contribution in [3.05, 3.63) is 12.4 Å². The van der Waals surface area contributed by atoms with Crippen LogP contribution < -0.4 is 5.32 Å². The van der Waals surface area contributed by atoms with Crippen LogP contribution in [0, 0.1) is 0 Å². The predicted molar refractivity (Wildman–Crippen MR) is 51.4 cm³/mol. The summed E-state index contributed by atoms with van der Waals surface area (Å²) in [5.74, 6) is 0.955. The first kappa shape index (κ1) is 9.10. The molecule has 0 spiro atoms. The first-order valence-corrected chi connectivity index (χ1v) is 4.50. The van der Waals surface area contributed by atoms with Gasteiger partial charge in [-0.25, -0.2) is 4.98 Å². The zero-order chi connectivity index (χ0) is 8.97. The molecular weight excluding hydrogens is 150 g/mol. The second kappa shape index (κ2) is 4.14. The summed E-state index contributed by atoms with van der Waals surface area (Å²) in [4.78, 5) is 4.19. The molecule has 0 aliphatic carbocycles. The smallest absolute Gasteiger partial charge is 0.202 e. The van der Waals surface area contributed by atoms with E-state index in [1.165, 1.54) is 12.8 Å². The molecule has 0 aliphatic rings. The van der Waals surface area contributed by atoms with Crippen molar-refractivity contribution in [3.63, 3.8) is 0 Å². The van der Waals surface area contributed by atoms with Gasteiger partial charge in [-0.15, -0.1) is 0 Å². The molecule has 0 radical (unpaired) electrons. The number of nitrogens with one attached hydrogen (secondary N) is 1. The lowest BCUT2D eigenvalue weighted by atomic mass is 10.2. The highest BCUT2D eigenvalue weighted by Gasteiger charge is 2.06. The second-order valence-corrected chi connectivity index (χ2v) is 3.05. The molecule has 0 aromatic carbocycles. The van der Waals surface area contributed by atoms with Gasteiger partial charge >= 0.3 is 0 Å². The van der Waals surface area contributed by atoms with Gasteiger partial charge in [-0.2, -0.15) is 0 Å². The van der Waals surface area contributed by atoms with Gasteiger partial charge < -0.3 is 9.88 Å². The van der Waals surface area contributed by atoms with Crippen molar-refractivity contribution in [1.82, 2.24) is 9.55 Å². The normalized spacial score (nSPS) is 12.9. The minimum atomic E-state index is 0.542. The van der Waals surface area contributed by atoms with Gasteiger partial charge in [0.15, 0.2) is 0 Å². The van der Waals surface area contributed by atoms with E-state index in [9.17, 15) is 0 Å². The largest absolute Gasteiger partial charge is 0.359 e. The van der Waals surface area contributed by atoms with Crippen molar-refractivity contribution in [1.29, 1.82) is 0 Å². The van der Waals surface area contributed by atoms with E-state index in [1.54, 1.807) is 0 Å². The van der Waals surface area contributed by atoms with Crippen molar-refractivity contribution in [3.8, 4) is 0 Å². The van der Waals surface area contributed by atoms with Gasteiger partial charge in [0.25, 0.3) is 0 Å². The molecule has 1 aromatic heterocycles. The minimum absolute atomic E-state index is 0.542. The van der Waals surface area contributed by atoms with Crippen LogP contribution in [0.15, 0.2) is 12.4 Å². The molecule has 0 saturated carbocycles. The maximum atomic E-state index is 4.19. The molecule has 1 heterocycles. The van der Waals surface area contributed by atoms with Gasteiger partial charge in [-0.05, 0) is 13.3 Å². The molecule has 3 heteroatoms. The fraction of sp³-hybridized carbons (Fsp3) is 0.667. The Balaban J connectivity index is 2.71. The van der Waals surface area contributed by atoms with Crippen LogP contribution in [0.4, 0.5) is 5.95 Å². The van der Waals surface area contributed by atoms with E-state index >= 15 is 0 Å². The Labute approximate surface area is 73.8 Å². The molecule has 3 nitrogen and oxygen atoms in total. The molecule has 0 fully saturated rings. The van der Waals surface area contributed by atoms with Crippen molar-refractivity contribution in [2.75, 3.05) is 12.4 Å². The second-order valence-electron chi connectivity index (χ2n) is 3.05. The van der Waals surface area contributed by atoms with Crippen LogP contribution in [0.25, 0.3) is 0 Å². The molecule has 1 unspecified atom stereocenters. The SMILES string of the molecule is CCCC(C)n1ccnc1NC. The third-order valence-corrected chi connectivity index (χ3v) is 2.07. The minimum Gasteiger partial charge on any atom is -0.359 e. The summed E-state index contributed by atoms with van der Waals surface area (Å²) in [6, 6.07) is 0.542. The average Bonchev–Trinajstić information content (AvgIpc) is 2.51. The number of imidazole rings is 1. The van der Waals surface area contributed by atoms with E-state index in [0.717, 1.165) is 5.95 Å². The summed E-state index contributed by atoms with van der Waals surface area (Å²) < 4.78 is 2.17. The topological polar surface area (TPSA) is 29.9 Å². The third kappa shape index (κ3) is 1.78. The maximum Gasteiger partial charge on any atom is 0.202 e. The maximum absolute atomic E-state index is 4.19. The van der Waals surface area contributed by atoms with E-state index < -0.39 is 0 Å². The summed E-state index contributed by atoms with van der Waals surface area (Å²) in [5.41, 5.74) is 0. The molecule has 0 bridgehead atoms. The van der Waals surface area contributed by atoms with Crippen molar-refractivity contribution in [2.45, 2.75) is 32.7 Å². The monoisotopic (exact) mass is 167 g/mol. The first-order chi connectivity index (χ1) is 5.79. The number of anilines is 1. The molecule has 1 aromatic rings. The van der Waals surface area contributed by atoms with Gasteiger partial charge in [0.05, 0.1) is 0 Å². The standard InChI is InChI=1S/C9H17N3/c1-4-5-8(2)12-7-6-11-9(12)10-3/h6-8H,4-5H2,1-3H3,(H,10,11). The molecule has 68 valence electrons. The van der Waals surface area contributed by atoms with Gasteiger partial charge in [-0.3, -0.25) is 0 Å². The summed E-state index contributed by atoms with van der Waals surface area (Å²) in [6.07, 6.45) is 6.26. The molecule has 1 rings (SSSR count). The van der Waals surface area contributed by atoms with E-state index in [-0.39, 0.29) is 0 Å². The number of aromatic nitrogens is 2. The highest BCUT2D eigenvalue weighted by molar-refractivity contribution is 5.24. The zero-order valence-corrected chi connectivity index (χ0v) is 8.04. The zero-order valence-electron chi connectivity index (χ0n) is 8.04. The van der Waals surface area contributed by atoms with Crippen molar-refractivity contribution < 1.29 is 0 Å². The molecule has 0 amide bonds. The fourth-order valence-electron chi connectivity index (χ4n) is 1.42. The number of hydrogen-bond donors (Lipinski definition) is 1. The highest BCUT2D eigenvalue weighted by Crippen LogP contribution is 2.17. The van der Waals surface area contributed by atoms with E-state index in [0.29, 0.717) is 6.04 Å². The third-order valence-electron chi connectivity index (χ3n) is 2.07. The van der Waals surface area contributed by atoms with Crippen LogP contribution in [-0.2, 0) is 0 Å². The van der Waals surface area contributed by atoms with Crippen molar-refractivity contribution >= 4 is 5.95 Å². The van der Waals surface area contributed by atoms with Gasteiger partial charge in [-0.1, -0.05) is 13.3 Å². The van der Waals surface area contributed by atoms with Gasteiger partial charge in [0.1, 0.15) is 0 Å². The molecule has 12 heavy (non-hydrogen) atoms. The Morgan fingerprint density at radius 2 is 2.42 bits per heavy atom. The first-order valence-electron chi connectivity index (χ1n) is 4.50. The van der Waals surface area contributed by atoms with Crippen LogP contribution in [-0.4, -0.2) is 16.6 Å².